The third-order valence-electron chi connectivity index (χ3n) is 5.16. The second-order valence-electron chi connectivity index (χ2n) is 7.98. The van der Waals surface area contributed by atoms with E-state index in [0.29, 0.717) is 22.3 Å². The number of benzene rings is 2. The molecule has 1 unspecified atom stereocenters. The Hall–Kier alpha value is -3.50. The molecule has 2 aromatic carbocycles. The number of aryl methyl sites for hydroxylation is 1. The third-order valence-corrected chi connectivity index (χ3v) is 6.79. The van der Waals surface area contributed by atoms with Gasteiger partial charge in [0, 0.05) is 34.6 Å². The first-order valence-corrected chi connectivity index (χ1v) is 13.3. The van der Waals surface area contributed by atoms with Crippen LogP contribution >= 0.6 is 0 Å². The molecule has 0 saturated heterocycles. The highest BCUT2D eigenvalue weighted by Crippen LogP contribution is 2.29. The molecular weight excluding hydrogens is 466 g/mol. The molecule has 3 rings (SSSR count). The van der Waals surface area contributed by atoms with Crippen molar-refractivity contribution < 1.29 is 18.8 Å². The number of carbonyl (C=O) groups is 1. The molecule has 3 N–H and O–H groups in total. The van der Waals surface area contributed by atoms with E-state index in [4.69, 9.17) is 4.74 Å². The highest BCUT2D eigenvalue weighted by Gasteiger charge is 2.14. The van der Waals surface area contributed by atoms with E-state index in [0.717, 1.165) is 17.5 Å². The number of nitrogens with one attached hydrogen (secondary N) is 2. The van der Waals surface area contributed by atoms with Gasteiger partial charge in [-0.3, -0.25) is 0 Å². The minimum atomic E-state index is -2.99. The number of anilines is 3. The fourth-order valence-electron chi connectivity index (χ4n) is 3.25. The fraction of sp³-hybridized carbons (Fsp3) is 0.320. The Morgan fingerprint density at radius 1 is 1.20 bits per heavy atom. The van der Waals surface area contributed by atoms with E-state index < -0.39 is 15.8 Å². The van der Waals surface area contributed by atoms with E-state index >= 15 is 0 Å². The number of aliphatic hydroxyl groups excluding tert-OH is 1. The summed E-state index contributed by atoms with van der Waals surface area (Å²) in [4.78, 5) is 21.2. The van der Waals surface area contributed by atoms with Gasteiger partial charge in [-0.1, -0.05) is 37.3 Å². The van der Waals surface area contributed by atoms with Crippen LogP contribution in [0.1, 0.15) is 26.3 Å². The first kappa shape index (κ1) is 26.1. The van der Waals surface area contributed by atoms with Crippen LogP contribution < -0.4 is 10.6 Å². The maximum absolute atomic E-state index is 13.0. The van der Waals surface area contributed by atoms with Gasteiger partial charge in [-0.2, -0.15) is 4.98 Å². The minimum Gasteiger partial charge on any atom is -0.448 e. The summed E-state index contributed by atoms with van der Waals surface area (Å²) in [6.45, 7) is 5.71. The number of aromatic nitrogens is 2. The van der Waals surface area contributed by atoms with E-state index in [1.807, 2.05) is 19.1 Å². The molecule has 1 aromatic heterocycles. The second-order valence-corrected chi connectivity index (χ2v) is 10.2. The monoisotopic (exact) mass is 497 g/mol. The standard InChI is InChI=1S/C25H31N5O4S/c1-5-18-10-12-19(13-11-18)22-15-26-24(29-23(22)27-17(3)16-31)28-20-8-7-9-21(14-20)35(4,33)30-25(32)34-6-2/h7-15,17,31H,5-6,16H2,1-4H3,(H2,26,27,28,29)/t17-,35?/m1/s1. The first-order valence-electron chi connectivity index (χ1n) is 11.4. The van der Waals surface area contributed by atoms with Gasteiger partial charge in [0.1, 0.15) is 5.82 Å². The van der Waals surface area contributed by atoms with Crippen molar-refractivity contribution in [2.24, 2.45) is 4.36 Å². The quantitative estimate of drug-likeness (QED) is 0.383. The van der Waals surface area contributed by atoms with Gasteiger partial charge in [0.05, 0.1) is 22.9 Å². The molecule has 0 radical (unpaired) electrons. The molecule has 2 atom stereocenters. The van der Waals surface area contributed by atoms with E-state index in [1.165, 1.54) is 11.8 Å². The van der Waals surface area contributed by atoms with Gasteiger partial charge in [0.2, 0.25) is 5.95 Å². The zero-order valence-electron chi connectivity index (χ0n) is 20.3. The van der Waals surface area contributed by atoms with E-state index in [2.05, 4.69) is 44.0 Å². The molecule has 35 heavy (non-hydrogen) atoms. The summed E-state index contributed by atoms with van der Waals surface area (Å²) in [5.74, 6) is 0.884. The summed E-state index contributed by atoms with van der Waals surface area (Å²) in [5, 5.41) is 15.9. The Kier molecular flexibility index (Phi) is 8.78. The summed E-state index contributed by atoms with van der Waals surface area (Å²) in [6, 6.07) is 14.7. The highest BCUT2D eigenvalue weighted by atomic mass is 32.2. The molecule has 0 fully saturated rings. The Labute approximate surface area is 206 Å². The average Bonchev–Trinajstić information content (AvgIpc) is 2.84. The molecule has 0 saturated carbocycles. The number of carbonyl (C=O) groups excluding carboxylic acids is 1. The number of nitrogens with zero attached hydrogens (tertiary/aromatic N) is 3. The van der Waals surface area contributed by atoms with Crippen molar-refractivity contribution in [3.05, 3.63) is 60.3 Å². The van der Waals surface area contributed by atoms with Crippen LogP contribution in [0.3, 0.4) is 0 Å². The van der Waals surface area contributed by atoms with Crippen molar-refractivity contribution in [1.82, 2.24) is 9.97 Å². The third kappa shape index (κ3) is 7.00. The molecule has 10 heteroatoms. The van der Waals surface area contributed by atoms with Crippen LogP contribution in [-0.4, -0.2) is 50.9 Å². The molecule has 9 nitrogen and oxygen atoms in total. The Morgan fingerprint density at radius 3 is 2.60 bits per heavy atom. The maximum atomic E-state index is 13.0. The Bertz CT molecular complexity index is 1290. The van der Waals surface area contributed by atoms with Crippen molar-refractivity contribution in [2.45, 2.75) is 38.1 Å². The second kappa shape index (κ2) is 11.8. The van der Waals surface area contributed by atoms with Gasteiger partial charge < -0.3 is 20.5 Å². The highest BCUT2D eigenvalue weighted by molar-refractivity contribution is 7.93. The predicted molar refractivity (Wildman–Crippen MR) is 139 cm³/mol. The lowest BCUT2D eigenvalue weighted by molar-refractivity contribution is 0.164. The summed E-state index contributed by atoms with van der Waals surface area (Å²) < 4.78 is 21.5. The normalized spacial score (nSPS) is 13.4. The number of hydrogen-bond acceptors (Lipinski definition) is 8. The van der Waals surface area contributed by atoms with Gasteiger partial charge in [0.25, 0.3) is 0 Å². The molecule has 0 aliphatic heterocycles. The SMILES string of the molecule is CCOC(=O)N=S(C)(=O)c1cccc(Nc2ncc(-c3ccc(CC)cc3)c(N[C@H](C)CO)n2)c1. The van der Waals surface area contributed by atoms with Crippen molar-refractivity contribution in [2.75, 3.05) is 30.1 Å². The molecular formula is C25H31N5O4S. The summed E-state index contributed by atoms with van der Waals surface area (Å²) in [7, 11) is -2.99. The van der Waals surface area contributed by atoms with Crippen LogP contribution in [0.4, 0.5) is 22.2 Å². The molecule has 1 amide bonds. The smallest absolute Gasteiger partial charge is 0.442 e. The Morgan fingerprint density at radius 2 is 1.94 bits per heavy atom. The lowest BCUT2D eigenvalue weighted by Gasteiger charge is -2.17. The molecule has 0 bridgehead atoms. The van der Waals surface area contributed by atoms with Crippen LogP contribution in [0.15, 0.2) is 64.0 Å². The van der Waals surface area contributed by atoms with Gasteiger partial charge in [0.15, 0.2) is 0 Å². The van der Waals surface area contributed by atoms with E-state index in [-0.39, 0.29) is 19.3 Å². The molecule has 0 aliphatic rings. The summed E-state index contributed by atoms with van der Waals surface area (Å²) >= 11 is 0. The lowest BCUT2D eigenvalue weighted by atomic mass is 10.0. The zero-order chi connectivity index (χ0) is 25.4. The van der Waals surface area contributed by atoms with E-state index in [9.17, 15) is 14.1 Å². The number of rotatable bonds is 9. The average molecular weight is 498 g/mol. The van der Waals surface area contributed by atoms with E-state index in [1.54, 1.807) is 37.4 Å². The van der Waals surface area contributed by atoms with Gasteiger partial charge in [-0.15, -0.1) is 4.36 Å². The molecule has 1 heterocycles. The topological polar surface area (TPSA) is 126 Å². The summed E-state index contributed by atoms with van der Waals surface area (Å²) in [5.41, 5.74) is 3.57. The first-order chi connectivity index (χ1) is 16.7. The number of hydrogen-bond donors (Lipinski definition) is 3. The van der Waals surface area contributed by atoms with Crippen molar-refractivity contribution in [3.8, 4) is 11.1 Å². The fourth-order valence-corrected chi connectivity index (χ4v) is 4.36. The predicted octanol–water partition coefficient (Wildman–Crippen LogP) is 4.86. The number of amides is 1. The minimum absolute atomic E-state index is 0.0577. The lowest BCUT2D eigenvalue weighted by Crippen LogP contribution is -2.21. The molecule has 0 spiro atoms. The van der Waals surface area contributed by atoms with Crippen LogP contribution in [0.2, 0.25) is 0 Å². The molecule has 3 aromatic rings. The molecule has 186 valence electrons. The van der Waals surface area contributed by atoms with Gasteiger partial charge in [-0.25, -0.2) is 14.0 Å². The van der Waals surface area contributed by atoms with Crippen LogP contribution in [0, 0.1) is 0 Å². The van der Waals surface area contributed by atoms with Crippen molar-refractivity contribution in [1.29, 1.82) is 0 Å². The maximum Gasteiger partial charge on any atom is 0.442 e. The van der Waals surface area contributed by atoms with Crippen molar-refractivity contribution in [3.63, 3.8) is 0 Å². The number of ether oxygens (including phenoxy) is 1. The number of aliphatic hydroxyl groups is 1. The molecule has 0 aliphatic carbocycles. The summed E-state index contributed by atoms with van der Waals surface area (Å²) in [6.07, 6.45) is 3.18. The van der Waals surface area contributed by atoms with Crippen LogP contribution in [-0.2, 0) is 20.9 Å². The van der Waals surface area contributed by atoms with Gasteiger partial charge in [-0.05, 0) is 49.6 Å². The van der Waals surface area contributed by atoms with Crippen LogP contribution in [0.5, 0.6) is 0 Å². The largest absolute Gasteiger partial charge is 0.448 e. The van der Waals surface area contributed by atoms with Crippen molar-refractivity contribution >= 4 is 33.3 Å². The zero-order valence-corrected chi connectivity index (χ0v) is 21.1. The van der Waals surface area contributed by atoms with Gasteiger partial charge >= 0.3 is 6.09 Å². The van der Waals surface area contributed by atoms with Crippen LogP contribution in [0.25, 0.3) is 11.1 Å². The Balaban J connectivity index is 1.93.